The first kappa shape index (κ1) is 20.5. The Morgan fingerprint density at radius 1 is 1.03 bits per heavy atom. The van der Waals surface area contributed by atoms with Gasteiger partial charge in [0.1, 0.15) is 11.6 Å². The van der Waals surface area contributed by atoms with Gasteiger partial charge in [-0.1, -0.05) is 23.4 Å². The van der Waals surface area contributed by atoms with E-state index in [1.165, 1.54) is 35.6 Å². The zero-order chi connectivity index (χ0) is 22.2. The number of rotatable bonds is 4. The molecule has 32 heavy (non-hydrogen) atoms. The van der Waals surface area contributed by atoms with Crippen LogP contribution in [0.15, 0.2) is 76.3 Å². The zero-order valence-electron chi connectivity index (χ0n) is 16.8. The Labute approximate surface area is 192 Å². The van der Waals surface area contributed by atoms with Crippen molar-refractivity contribution in [1.29, 1.82) is 0 Å². The minimum absolute atomic E-state index is 0.322. The Morgan fingerprint density at radius 3 is 2.38 bits per heavy atom. The van der Waals surface area contributed by atoms with E-state index in [1.54, 1.807) is 29.2 Å². The largest absolute Gasteiger partial charge is 0.351 e. The van der Waals surface area contributed by atoms with Crippen LogP contribution in [-0.4, -0.2) is 15.3 Å². The number of anilines is 1. The van der Waals surface area contributed by atoms with Crippen LogP contribution in [0.5, 0.6) is 0 Å². The summed E-state index contributed by atoms with van der Waals surface area (Å²) in [6.45, 7) is 1.89. The van der Waals surface area contributed by atoms with Gasteiger partial charge in [0.2, 0.25) is 5.82 Å². The molecular weight excluding hydrogens is 450 g/mol. The third kappa shape index (κ3) is 3.69. The van der Waals surface area contributed by atoms with Crippen LogP contribution in [-0.2, 0) is 0 Å². The second-order valence-corrected chi connectivity index (χ2v) is 8.48. The predicted molar refractivity (Wildman–Crippen MR) is 124 cm³/mol. The van der Waals surface area contributed by atoms with Crippen molar-refractivity contribution in [1.82, 2.24) is 15.5 Å². The average molecular weight is 467 g/mol. The first-order valence-corrected chi connectivity index (χ1v) is 11.0. The van der Waals surface area contributed by atoms with Gasteiger partial charge in [-0.15, -0.1) is 11.3 Å². The molecule has 1 aliphatic heterocycles. The fourth-order valence-corrected chi connectivity index (χ4v) is 4.67. The highest BCUT2D eigenvalue weighted by Crippen LogP contribution is 2.39. The lowest BCUT2D eigenvalue weighted by molar-refractivity contribution is 0.404. The van der Waals surface area contributed by atoms with Crippen molar-refractivity contribution in [3.63, 3.8) is 0 Å². The Morgan fingerprint density at radius 2 is 1.72 bits per heavy atom. The summed E-state index contributed by atoms with van der Waals surface area (Å²) in [4.78, 5) is 7.29. The fourth-order valence-electron chi connectivity index (χ4n) is 3.67. The standard InChI is InChI=1S/C23H16F2N4OS2/c1-13-19(22-27-21(28-30-22)18-3-2-12-32-18)20(14-4-6-15(24)7-5-14)26-23(31)29(13)17-10-8-16(25)9-11-17/h2-12,20H,1H3,(H,26,31). The first-order chi connectivity index (χ1) is 15.5. The number of halogens is 2. The predicted octanol–water partition coefficient (Wildman–Crippen LogP) is 5.94. The van der Waals surface area contributed by atoms with E-state index in [9.17, 15) is 8.78 Å². The maximum Gasteiger partial charge on any atom is 0.258 e. The summed E-state index contributed by atoms with van der Waals surface area (Å²) >= 11 is 7.15. The van der Waals surface area contributed by atoms with Crippen LogP contribution in [0.25, 0.3) is 16.3 Å². The molecule has 0 amide bonds. The van der Waals surface area contributed by atoms with E-state index in [0.29, 0.717) is 28.1 Å². The van der Waals surface area contributed by atoms with Crippen molar-refractivity contribution < 1.29 is 13.3 Å². The summed E-state index contributed by atoms with van der Waals surface area (Å²) in [7, 11) is 0. The number of thiocarbonyl (C=S) groups is 1. The van der Waals surface area contributed by atoms with Gasteiger partial charge in [-0.3, -0.25) is 4.90 Å². The van der Waals surface area contributed by atoms with E-state index >= 15 is 0 Å². The Hall–Kier alpha value is -3.43. The van der Waals surface area contributed by atoms with Gasteiger partial charge in [0.25, 0.3) is 5.89 Å². The molecule has 5 nitrogen and oxygen atoms in total. The van der Waals surface area contributed by atoms with E-state index < -0.39 is 6.04 Å². The number of hydrogen-bond donors (Lipinski definition) is 1. The SMILES string of the molecule is CC1=C(c2nc(-c3cccs3)no2)C(c2ccc(F)cc2)NC(=S)N1c1ccc(F)cc1. The minimum atomic E-state index is -0.434. The van der Waals surface area contributed by atoms with Crippen LogP contribution in [0.2, 0.25) is 0 Å². The average Bonchev–Trinajstić information content (AvgIpc) is 3.47. The first-order valence-electron chi connectivity index (χ1n) is 9.71. The van der Waals surface area contributed by atoms with Gasteiger partial charge in [-0.25, -0.2) is 8.78 Å². The number of thiophene rings is 1. The molecule has 3 heterocycles. The Kier molecular flexibility index (Phi) is 5.28. The lowest BCUT2D eigenvalue weighted by Gasteiger charge is -2.37. The molecule has 9 heteroatoms. The Bertz CT molecular complexity index is 1300. The van der Waals surface area contributed by atoms with Crippen LogP contribution in [0.3, 0.4) is 0 Å². The van der Waals surface area contributed by atoms with Gasteiger partial charge >= 0.3 is 0 Å². The maximum absolute atomic E-state index is 13.6. The lowest BCUT2D eigenvalue weighted by Crippen LogP contribution is -2.46. The number of allylic oxidation sites excluding steroid dienone is 1. The normalized spacial score (nSPS) is 16.4. The Balaban J connectivity index is 1.66. The van der Waals surface area contributed by atoms with E-state index in [4.69, 9.17) is 16.7 Å². The molecule has 2 aromatic heterocycles. The number of aromatic nitrogens is 2. The molecule has 0 fully saturated rings. The van der Waals surface area contributed by atoms with Crippen LogP contribution >= 0.6 is 23.6 Å². The molecule has 2 aromatic carbocycles. The monoisotopic (exact) mass is 466 g/mol. The molecule has 0 aliphatic carbocycles. The summed E-state index contributed by atoms with van der Waals surface area (Å²) in [6, 6.07) is 15.6. The number of nitrogens with zero attached hydrogens (tertiary/aromatic N) is 3. The summed E-state index contributed by atoms with van der Waals surface area (Å²) in [6.07, 6.45) is 0. The molecule has 1 atom stereocenters. The van der Waals surface area contributed by atoms with Crippen molar-refractivity contribution in [2.24, 2.45) is 0 Å². The van der Waals surface area contributed by atoms with E-state index in [0.717, 1.165) is 16.1 Å². The molecule has 1 N–H and O–H groups in total. The molecule has 5 rings (SSSR count). The number of benzene rings is 2. The second-order valence-electron chi connectivity index (χ2n) is 7.15. The van der Waals surface area contributed by atoms with Gasteiger partial charge < -0.3 is 9.84 Å². The van der Waals surface area contributed by atoms with Crippen LogP contribution in [0, 0.1) is 11.6 Å². The van der Waals surface area contributed by atoms with Crippen molar-refractivity contribution in [2.75, 3.05) is 4.90 Å². The third-order valence-corrected chi connectivity index (χ3v) is 6.34. The lowest BCUT2D eigenvalue weighted by atomic mass is 9.94. The van der Waals surface area contributed by atoms with E-state index in [2.05, 4.69) is 15.5 Å². The molecule has 0 saturated heterocycles. The van der Waals surface area contributed by atoms with Crippen molar-refractivity contribution >= 4 is 39.9 Å². The summed E-state index contributed by atoms with van der Waals surface area (Å²) in [5.74, 6) is 0.130. The highest BCUT2D eigenvalue weighted by molar-refractivity contribution is 7.80. The smallest absolute Gasteiger partial charge is 0.258 e. The maximum atomic E-state index is 13.6. The third-order valence-electron chi connectivity index (χ3n) is 5.17. The molecule has 160 valence electrons. The molecule has 1 unspecified atom stereocenters. The number of hydrogen-bond acceptors (Lipinski definition) is 5. The summed E-state index contributed by atoms with van der Waals surface area (Å²) in [5.41, 5.74) is 2.92. The fraction of sp³-hybridized carbons (Fsp3) is 0.0870. The number of nitrogens with one attached hydrogen (secondary N) is 1. The molecule has 1 aliphatic rings. The van der Waals surface area contributed by atoms with Crippen molar-refractivity contribution in [3.8, 4) is 10.7 Å². The highest BCUT2D eigenvalue weighted by Gasteiger charge is 2.34. The van der Waals surface area contributed by atoms with Gasteiger partial charge in [0, 0.05) is 11.4 Å². The summed E-state index contributed by atoms with van der Waals surface area (Å²) in [5, 5.41) is 9.80. The molecular formula is C23H16F2N4OS2. The van der Waals surface area contributed by atoms with Crippen LogP contribution in [0.1, 0.15) is 24.4 Å². The van der Waals surface area contributed by atoms with E-state index in [1.807, 2.05) is 24.4 Å². The van der Waals surface area contributed by atoms with Gasteiger partial charge in [0.15, 0.2) is 5.11 Å². The second kappa shape index (κ2) is 8.25. The minimum Gasteiger partial charge on any atom is -0.351 e. The quantitative estimate of drug-likeness (QED) is 0.376. The van der Waals surface area contributed by atoms with Crippen LogP contribution in [0.4, 0.5) is 14.5 Å². The van der Waals surface area contributed by atoms with Crippen molar-refractivity contribution in [2.45, 2.75) is 13.0 Å². The topological polar surface area (TPSA) is 54.2 Å². The van der Waals surface area contributed by atoms with Gasteiger partial charge in [0.05, 0.1) is 16.5 Å². The molecule has 0 spiro atoms. The van der Waals surface area contributed by atoms with E-state index in [-0.39, 0.29) is 11.6 Å². The molecule has 4 aromatic rings. The van der Waals surface area contributed by atoms with Gasteiger partial charge in [-0.05, 0) is 72.5 Å². The zero-order valence-corrected chi connectivity index (χ0v) is 18.4. The van der Waals surface area contributed by atoms with Crippen LogP contribution < -0.4 is 10.2 Å². The molecule has 0 radical (unpaired) electrons. The molecule has 0 saturated carbocycles. The van der Waals surface area contributed by atoms with Crippen molar-refractivity contribution in [3.05, 3.63) is 94.8 Å². The highest BCUT2D eigenvalue weighted by atomic mass is 32.1. The van der Waals surface area contributed by atoms with Gasteiger partial charge in [-0.2, -0.15) is 4.98 Å². The molecule has 0 bridgehead atoms. The summed E-state index contributed by atoms with van der Waals surface area (Å²) < 4.78 is 32.7.